The maximum Gasteiger partial charge on any atom is 0.348 e. The molecule has 2 N–H and O–H groups in total. The zero-order valence-corrected chi connectivity index (χ0v) is 15.7. The molecule has 0 saturated carbocycles. The third-order valence-electron chi connectivity index (χ3n) is 3.36. The Hall–Kier alpha value is -2.13. The molecule has 0 aliphatic carbocycles. The van der Waals surface area contributed by atoms with E-state index in [2.05, 4.69) is 5.32 Å². The van der Waals surface area contributed by atoms with Gasteiger partial charge in [0.2, 0.25) is 6.35 Å². The number of nitrogens with one attached hydrogen (secondary N) is 1. The molecular formula is C16H22N2O6S. The van der Waals surface area contributed by atoms with Gasteiger partial charge in [-0.2, -0.15) is 0 Å². The summed E-state index contributed by atoms with van der Waals surface area (Å²) in [4.78, 5) is 37.9. The van der Waals surface area contributed by atoms with E-state index in [9.17, 15) is 19.5 Å². The summed E-state index contributed by atoms with van der Waals surface area (Å²) in [5, 5.41) is 13.3. The zero-order valence-electron chi connectivity index (χ0n) is 14.8. The number of ether oxygens (including phenoxy) is 2. The quantitative estimate of drug-likeness (QED) is 0.778. The van der Waals surface area contributed by atoms with Crippen molar-refractivity contribution in [2.45, 2.75) is 46.6 Å². The van der Waals surface area contributed by atoms with Crippen molar-refractivity contribution in [3.8, 4) is 0 Å². The van der Waals surface area contributed by atoms with E-state index in [-0.39, 0.29) is 12.2 Å². The first kappa shape index (κ1) is 19.2. The minimum absolute atomic E-state index is 0.218. The van der Waals surface area contributed by atoms with Crippen LogP contribution in [0.2, 0.25) is 0 Å². The number of thiophene rings is 1. The van der Waals surface area contributed by atoms with Crippen molar-refractivity contribution in [1.82, 2.24) is 4.90 Å². The van der Waals surface area contributed by atoms with Crippen LogP contribution in [-0.2, 0) is 14.3 Å². The van der Waals surface area contributed by atoms with Crippen LogP contribution in [0.5, 0.6) is 0 Å². The van der Waals surface area contributed by atoms with Gasteiger partial charge in [0, 0.05) is 0 Å². The number of aliphatic hydroxyl groups excluding tert-OH is 1. The van der Waals surface area contributed by atoms with E-state index in [0.29, 0.717) is 15.4 Å². The van der Waals surface area contributed by atoms with Crippen molar-refractivity contribution in [3.63, 3.8) is 0 Å². The van der Waals surface area contributed by atoms with E-state index in [1.54, 1.807) is 34.6 Å². The van der Waals surface area contributed by atoms with Gasteiger partial charge in [0.15, 0.2) is 0 Å². The average molecular weight is 370 g/mol. The second kappa shape index (κ2) is 7.01. The predicted molar refractivity (Wildman–Crippen MR) is 91.5 cm³/mol. The molecule has 0 bridgehead atoms. The molecule has 25 heavy (non-hydrogen) atoms. The number of hydrogen-bond donors (Lipinski definition) is 2. The van der Waals surface area contributed by atoms with Gasteiger partial charge >= 0.3 is 11.9 Å². The van der Waals surface area contributed by atoms with E-state index >= 15 is 0 Å². The first-order valence-electron chi connectivity index (χ1n) is 7.83. The molecule has 0 fully saturated rings. The van der Waals surface area contributed by atoms with Crippen LogP contribution in [-0.4, -0.2) is 53.0 Å². The molecule has 1 aliphatic heterocycles. The maximum atomic E-state index is 12.7. The molecule has 2 rings (SSSR count). The largest absolute Gasteiger partial charge is 0.462 e. The van der Waals surface area contributed by atoms with Crippen molar-refractivity contribution < 1.29 is 29.0 Å². The minimum atomic E-state index is -1.39. The summed E-state index contributed by atoms with van der Waals surface area (Å²) in [6.07, 6.45) is -1.39. The third-order valence-corrected chi connectivity index (χ3v) is 4.56. The Balaban J connectivity index is 2.26. The van der Waals surface area contributed by atoms with Gasteiger partial charge in [0.1, 0.15) is 22.0 Å². The van der Waals surface area contributed by atoms with Crippen LogP contribution in [0.15, 0.2) is 0 Å². The number of hydrogen-bond acceptors (Lipinski definition) is 8. The van der Waals surface area contributed by atoms with Crippen LogP contribution >= 0.6 is 11.3 Å². The predicted octanol–water partition coefficient (Wildman–Crippen LogP) is 1.72. The number of rotatable bonds is 4. The molecular weight excluding hydrogens is 348 g/mol. The summed E-state index contributed by atoms with van der Waals surface area (Å²) in [6, 6.07) is 0. The molecule has 1 aliphatic rings. The average Bonchev–Trinajstić information content (AvgIpc) is 2.78. The van der Waals surface area contributed by atoms with Gasteiger partial charge < -0.3 is 19.9 Å². The Labute approximate surface area is 149 Å². The van der Waals surface area contributed by atoms with Crippen LogP contribution < -0.4 is 5.32 Å². The van der Waals surface area contributed by atoms with Crippen molar-refractivity contribution in [2.75, 3.05) is 18.5 Å². The molecule has 9 heteroatoms. The van der Waals surface area contributed by atoms with Crippen molar-refractivity contribution in [1.29, 1.82) is 0 Å². The summed E-state index contributed by atoms with van der Waals surface area (Å²) in [7, 11) is 0. The molecule has 0 spiro atoms. The molecule has 8 nitrogen and oxygen atoms in total. The normalized spacial score (nSPS) is 17.0. The second-order valence-electron chi connectivity index (χ2n) is 6.52. The number of carbonyl (C=O) groups is 3. The summed E-state index contributed by atoms with van der Waals surface area (Å²) < 4.78 is 10.2. The number of carbonyl (C=O) groups excluding carboxylic acids is 3. The molecule has 1 amide bonds. The Morgan fingerprint density at radius 2 is 2.00 bits per heavy atom. The van der Waals surface area contributed by atoms with Crippen LogP contribution in [0.3, 0.4) is 0 Å². The lowest BCUT2D eigenvalue weighted by Crippen LogP contribution is -2.51. The lowest BCUT2D eigenvalue weighted by atomic mass is 10.1. The zero-order chi connectivity index (χ0) is 18.9. The number of fused-ring (bicyclic) bond motifs is 1. The standard InChI is InChI=1S/C16H22N2O6S/c1-6-23-14(21)11-8(2)10-12(25-11)17-15(22)18(13(10)20)7-9(19)24-16(3,4)5/h15,17,22H,6-7H2,1-5H3. The van der Waals surface area contributed by atoms with Crippen LogP contribution in [0, 0.1) is 6.92 Å². The lowest BCUT2D eigenvalue weighted by molar-refractivity contribution is -0.157. The molecule has 138 valence electrons. The highest BCUT2D eigenvalue weighted by atomic mass is 32.1. The van der Waals surface area contributed by atoms with Gasteiger partial charge in [-0.1, -0.05) is 0 Å². The number of anilines is 1. The fourth-order valence-corrected chi connectivity index (χ4v) is 3.49. The maximum absolute atomic E-state index is 12.7. The molecule has 0 aromatic carbocycles. The van der Waals surface area contributed by atoms with Gasteiger partial charge in [0.25, 0.3) is 5.91 Å². The lowest BCUT2D eigenvalue weighted by Gasteiger charge is -2.33. The fraction of sp³-hybridized carbons (Fsp3) is 0.562. The summed E-state index contributed by atoms with van der Waals surface area (Å²) in [5.74, 6) is -1.71. The minimum Gasteiger partial charge on any atom is -0.462 e. The SMILES string of the molecule is CCOC(=O)c1sc2c(c1C)C(=O)N(CC(=O)OC(C)(C)C)C(O)N2. The molecule has 0 radical (unpaired) electrons. The highest BCUT2D eigenvalue weighted by molar-refractivity contribution is 7.18. The highest BCUT2D eigenvalue weighted by Gasteiger charge is 2.37. The number of esters is 2. The summed E-state index contributed by atoms with van der Waals surface area (Å²) >= 11 is 1.04. The van der Waals surface area contributed by atoms with E-state index in [4.69, 9.17) is 9.47 Å². The Bertz CT molecular complexity index is 706. The van der Waals surface area contributed by atoms with E-state index in [1.807, 2.05) is 0 Å². The number of nitrogens with zero attached hydrogens (tertiary/aromatic N) is 1. The topological polar surface area (TPSA) is 105 Å². The third kappa shape index (κ3) is 4.10. The first-order valence-corrected chi connectivity index (χ1v) is 8.64. The van der Waals surface area contributed by atoms with Gasteiger partial charge in [-0.05, 0) is 40.2 Å². The van der Waals surface area contributed by atoms with Crippen LogP contribution in [0.4, 0.5) is 5.00 Å². The smallest absolute Gasteiger partial charge is 0.348 e. The second-order valence-corrected chi connectivity index (χ2v) is 7.54. The Morgan fingerprint density at radius 1 is 1.36 bits per heavy atom. The van der Waals surface area contributed by atoms with Crippen molar-refractivity contribution >= 4 is 34.2 Å². The Kier molecular flexibility index (Phi) is 5.38. The van der Waals surface area contributed by atoms with Crippen molar-refractivity contribution in [3.05, 3.63) is 16.0 Å². The summed E-state index contributed by atoms with van der Waals surface area (Å²) in [5.41, 5.74) is 0.00779. The van der Waals surface area contributed by atoms with E-state index in [0.717, 1.165) is 16.2 Å². The van der Waals surface area contributed by atoms with Crippen LogP contribution in [0.1, 0.15) is 53.3 Å². The number of aliphatic hydroxyl groups is 1. The molecule has 2 heterocycles. The first-order chi connectivity index (χ1) is 11.5. The van der Waals surface area contributed by atoms with E-state index in [1.165, 1.54) is 0 Å². The van der Waals surface area contributed by atoms with Gasteiger partial charge in [-0.25, -0.2) is 4.79 Å². The van der Waals surface area contributed by atoms with Gasteiger partial charge in [-0.3, -0.25) is 14.5 Å². The molecule has 1 aromatic rings. The van der Waals surface area contributed by atoms with Crippen molar-refractivity contribution in [2.24, 2.45) is 0 Å². The molecule has 1 atom stereocenters. The van der Waals surface area contributed by atoms with Gasteiger partial charge in [0.05, 0.1) is 12.2 Å². The molecule has 1 unspecified atom stereocenters. The summed E-state index contributed by atoms with van der Waals surface area (Å²) in [6.45, 7) is 8.27. The number of amides is 1. The highest BCUT2D eigenvalue weighted by Crippen LogP contribution is 2.37. The molecule has 1 aromatic heterocycles. The van der Waals surface area contributed by atoms with Gasteiger partial charge in [-0.15, -0.1) is 11.3 Å². The molecule has 0 saturated heterocycles. The monoisotopic (exact) mass is 370 g/mol. The van der Waals surface area contributed by atoms with Crippen LogP contribution in [0.25, 0.3) is 0 Å². The van der Waals surface area contributed by atoms with E-state index < -0.39 is 36.3 Å². The Morgan fingerprint density at radius 3 is 2.56 bits per heavy atom. The fourth-order valence-electron chi connectivity index (χ4n) is 2.39.